The van der Waals surface area contributed by atoms with Crippen LogP contribution >= 0.6 is 0 Å². The van der Waals surface area contributed by atoms with Gasteiger partial charge >= 0.3 is 5.97 Å². The average molecular weight is 271 g/mol. The number of ether oxygens (including phenoxy) is 2. The van der Waals surface area contributed by atoms with Crippen LogP contribution in [-0.4, -0.2) is 24.3 Å². The van der Waals surface area contributed by atoms with E-state index in [2.05, 4.69) is 5.32 Å². The van der Waals surface area contributed by atoms with Crippen LogP contribution in [0.3, 0.4) is 0 Å². The molecule has 2 aromatic carbocycles. The lowest BCUT2D eigenvalue weighted by Gasteiger charge is -2.19. The lowest BCUT2D eigenvalue weighted by molar-refractivity contribution is 0.0697. The van der Waals surface area contributed by atoms with E-state index in [1.807, 2.05) is 18.2 Å². The molecule has 0 atom stereocenters. The van der Waals surface area contributed by atoms with Crippen LogP contribution in [0, 0.1) is 0 Å². The first-order valence-corrected chi connectivity index (χ1v) is 6.22. The van der Waals surface area contributed by atoms with Gasteiger partial charge in [0.25, 0.3) is 0 Å². The number of aromatic carboxylic acids is 1. The van der Waals surface area contributed by atoms with Crippen LogP contribution in [0.5, 0.6) is 11.5 Å². The highest BCUT2D eigenvalue weighted by atomic mass is 16.6. The van der Waals surface area contributed by atoms with Gasteiger partial charge in [-0.3, -0.25) is 0 Å². The van der Waals surface area contributed by atoms with Crippen LogP contribution in [0.25, 0.3) is 0 Å². The van der Waals surface area contributed by atoms with Crippen molar-refractivity contribution >= 4 is 17.3 Å². The quantitative estimate of drug-likeness (QED) is 0.898. The molecular weight excluding hydrogens is 258 g/mol. The van der Waals surface area contributed by atoms with Crippen molar-refractivity contribution in [1.82, 2.24) is 0 Å². The van der Waals surface area contributed by atoms with Crippen LogP contribution in [0.2, 0.25) is 0 Å². The van der Waals surface area contributed by atoms with Gasteiger partial charge in [-0.25, -0.2) is 4.79 Å². The summed E-state index contributed by atoms with van der Waals surface area (Å²) in [6, 6.07) is 12.2. The Balaban J connectivity index is 1.78. The number of nitrogens with one attached hydrogen (secondary N) is 1. The van der Waals surface area contributed by atoms with E-state index in [9.17, 15) is 4.79 Å². The maximum absolute atomic E-state index is 10.8. The summed E-state index contributed by atoms with van der Waals surface area (Å²) in [5.41, 5.74) is 1.93. The van der Waals surface area contributed by atoms with Crippen molar-refractivity contribution < 1.29 is 19.4 Å². The third-order valence-corrected chi connectivity index (χ3v) is 2.96. The van der Waals surface area contributed by atoms with Crippen LogP contribution in [0.15, 0.2) is 42.5 Å². The Hall–Kier alpha value is -2.69. The third kappa shape index (κ3) is 2.51. The number of hydrogen-bond donors (Lipinski definition) is 2. The van der Waals surface area contributed by atoms with Gasteiger partial charge in [-0.2, -0.15) is 0 Å². The maximum atomic E-state index is 10.8. The lowest BCUT2D eigenvalue weighted by atomic mass is 10.2. The zero-order valence-electron chi connectivity index (χ0n) is 10.6. The van der Waals surface area contributed by atoms with E-state index < -0.39 is 5.97 Å². The number of rotatable bonds is 3. The first-order chi connectivity index (χ1) is 9.72. The number of carboxylic acids is 1. The topological polar surface area (TPSA) is 67.8 Å². The Morgan fingerprint density at radius 1 is 0.950 bits per heavy atom. The molecule has 5 heteroatoms. The molecule has 0 fully saturated rings. The molecule has 2 N–H and O–H groups in total. The number of carbonyl (C=O) groups is 1. The monoisotopic (exact) mass is 271 g/mol. The Labute approximate surface area is 115 Å². The van der Waals surface area contributed by atoms with Crippen LogP contribution in [0.4, 0.5) is 11.4 Å². The molecule has 1 heterocycles. The molecule has 0 bridgehead atoms. The normalized spacial score (nSPS) is 12.8. The largest absolute Gasteiger partial charge is 0.486 e. The van der Waals surface area contributed by atoms with Crippen molar-refractivity contribution in [3.8, 4) is 11.5 Å². The molecule has 0 unspecified atom stereocenters. The molecule has 0 aromatic heterocycles. The molecule has 5 nitrogen and oxygen atoms in total. The lowest BCUT2D eigenvalue weighted by Crippen LogP contribution is -2.15. The minimum Gasteiger partial charge on any atom is -0.486 e. The number of carboxylic acid groups (broad SMARTS) is 1. The van der Waals surface area contributed by atoms with Gasteiger partial charge in [0.1, 0.15) is 13.2 Å². The fourth-order valence-electron chi connectivity index (χ4n) is 1.98. The molecule has 0 saturated carbocycles. The van der Waals surface area contributed by atoms with E-state index in [0.717, 1.165) is 17.1 Å². The Bertz CT molecular complexity index is 637. The minimum absolute atomic E-state index is 0.262. The molecule has 1 aliphatic heterocycles. The van der Waals surface area contributed by atoms with Crippen LogP contribution < -0.4 is 14.8 Å². The highest BCUT2D eigenvalue weighted by Crippen LogP contribution is 2.33. The summed E-state index contributed by atoms with van der Waals surface area (Å²) < 4.78 is 11.0. The van der Waals surface area contributed by atoms with Gasteiger partial charge in [0.15, 0.2) is 11.5 Å². The fraction of sp³-hybridized carbons (Fsp3) is 0.133. The maximum Gasteiger partial charge on any atom is 0.335 e. The molecule has 20 heavy (non-hydrogen) atoms. The first-order valence-electron chi connectivity index (χ1n) is 6.22. The molecule has 3 rings (SSSR count). The third-order valence-electron chi connectivity index (χ3n) is 2.96. The summed E-state index contributed by atoms with van der Waals surface area (Å²) in [7, 11) is 0. The van der Waals surface area contributed by atoms with Crippen LogP contribution in [-0.2, 0) is 0 Å². The van der Waals surface area contributed by atoms with Crippen molar-refractivity contribution in [2.45, 2.75) is 0 Å². The number of hydrogen-bond acceptors (Lipinski definition) is 4. The highest BCUT2D eigenvalue weighted by Gasteiger charge is 2.11. The van der Waals surface area contributed by atoms with Gasteiger partial charge < -0.3 is 19.9 Å². The van der Waals surface area contributed by atoms with Gasteiger partial charge in [0, 0.05) is 17.4 Å². The van der Waals surface area contributed by atoms with Crippen molar-refractivity contribution in [1.29, 1.82) is 0 Å². The predicted octanol–water partition coefficient (Wildman–Crippen LogP) is 2.90. The number of fused-ring (bicyclic) bond motifs is 1. The van der Waals surface area contributed by atoms with E-state index in [0.29, 0.717) is 19.0 Å². The molecule has 0 aliphatic carbocycles. The predicted molar refractivity (Wildman–Crippen MR) is 74.1 cm³/mol. The Kier molecular flexibility index (Phi) is 3.16. The van der Waals surface area contributed by atoms with Crippen molar-refractivity contribution in [3.63, 3.8) is 0 Å². The van der Waals surface area contributed by atoms with Crippen molar-refractivity contribution in [2.24, 2.45) is 0 Å². The number of benzene rings is 2. The van der Waals surface area contributed by atoms with Gasteiger partial charge in [0.05, 0.1) is 5.56 Å². The molecule has 0 saturated heterocycles. The van der Waals surface area contributed by atoms with Gasteiger partial charge in [-0.15, -0.1) is 0 Å². The van der Waals surface area contributed by atoms with Gasteiger partial charge in [-0.1, -0.05) is 0 Å². The van der Waals surface area contributed by atoms with Gasteiger partial charge in [0.2, 0.25) is 0 Å². The molecule has 102 valence electrons. The van der Waals surface area contributed by atoms with Crippen molar-refractivity contribution in [3.05, 3.63) is 48.0 Å². The smallest absolute Gasteiger partial charge is 0.335 e. The zero-order valence-corrected chi connectivity index (χ0v) is 10.6. The Morgan fingerprint density at radius 3 is 2.30 bits per heavy atom. The SMILES string of the molecule is O=C(O)c1ccc(Nc2ccc3c(c2)OCCO3)cc1. The van der Waals surface area contributed by atoms with Gasteiger partial charge in [-0.05, 0) is 36.4 Å². The standard InChI is InChI=1S/C15H13NO4/c17-15(18)10-1-3-11(4-2-10)16-12-5-6-13-14(9-12)20-8-7-19-13/h1-6,9,16H,7-8H2,(H,17,18). The second-order valence-corrected chi connectivity index (χ2v) is 4.37. The Morgan fingerprint density at radius 2 is 1.60 bits per heavy atom. The average Bonchev–Trinajstić information content (AvgIpc) is 2.48. The second kappa shape index (κ2) is 5.13. The summed E-state index contributed by atoms with van der Waals surface area (Å²) >= 11 is 0. The van der Waals surface area contributed by atoms with E-state index >= 15 is 0 Å². The van der Waals surface area contributed by atoms with Crippen LogP contribution in [0.1, 0.15) is 10.4 Å². The summed E-state index contributed by atoms with van der Waals surface area (Å²) in [6.07, 6.45) is 0. The van der Waals surface area contributed by atoms with E-state index in [-0.39, 0.29) is 5.56 Å². The first kappa shape index (κ1) is 12.3. The molecule has 0 radical (unpaired) electrons. The number of anilines is 2. The molecule has 0 spiro atoms. The fourth-order valence-corrected chi connectivity index (χ4v) is 1.98. The molecule has 2 aromatic rings. The molecule has 1 aliphatic rings. The minimum atomic E-state index is -0.934. The second-order valence-electron chi connectivity index (χ2n) is 4.37. The summed E-state index contributed by atoms with van der Waals surface area (Å²) in [4.78, 5) is 10.8. The van der Waals surface area contributed by atoms with E-state index in [1.54, 1.807) is 24.3 Å². The molecular formula is C15H13NO4. The van der Waals surface area contributed by atoms with Crippen molar-refractivity contribution in [2.75, 3.05) is 18.5 Å². The zero-order chi connectivity index (χ0) is 13.9. The summed E-state index contributed by atoms with van der Waals surface area (Å²) in [5.74, 6) is 0.516. The summed E-state index contributed by atoms with van der Waals surface area (Å²) in [5, 5.41) is 12.0. The summed E-state index contributed by atoms with van der Waals surface area (Å²) in [6.45, 7) is 1.11. The van der Waals surface area contributed by atoms with E-state index in [1.165, 1.54) is 0 Å². The highest BCUT2D eigenvalue weighted by molar-refractivity contribution is 5.88. The molecule has 0 amide bonds. The van der Waals surface area contributed by atoms with E-state index in [4.69, 9.17) is 14.6 Å².